The Kier molecular flexibility index (Phi) is 27.9. The van der Waals surface area contributed by atoms with E-state index in [9.17, 15) is 31.9 Å². The standard InChI is InChI=1S/C24H24F2N2O4.C24H25FN2O5.C23H22ClFN2O4/c1-17(29)28(16-18-15-21(30-2)10-11-23(18)31-14-4-12-25)22-5-3-13-27-24(22)32-20-8-6-19(26)7-9-20;1-17(28)27(16-18-15-21(30-3)10-11-23(18)31-14-12-25)22-5-4-13-26-24(22)32-20-8-6-19(29-2)7-9-20;1-16(28)27(15-17-14-20(29-2)9-10-22(17)30-13-11-25)21-4-3-12-26-23(21)31-19-7-5-18(24)6-8-19/h3,5-11,13,15H,4,12,14,16H2,1-2H3;4-11,13,15H,12,14,16H2,1-3H3;3-10,12,14H,11,13,15H2,1-2H3. The van der Waals surface area contributed by atoms with Crippen molar-refractivity contribution in [2.24, 2.45) is 0 Å². The molecule has 0 aliphatic heterocycles. The summed E-state index contributed by atoms with van der Waals surface area (Å²) in [6, 6.07) is 45.2. The fraction of sp³-hybridized carbons (Fsp3) is 0.239. The maximum Gasteiger partial charge on any atom is 0.243 e. The summed E-state index contributed by atoms with van der Waals surface area (Å²) in [5.74, 6) is 5.01. The smallest absolute Gasteiger partial charge is 0.243 e. The number of benzene rings is 6. The molecule has 0 unspecified atom stereocenters. The summed E-state index contributed by atoms with van der Waals surface area (Å²) in [5.41, 5.74) is 3.38. The Morgan fingerprint density at radius 3 is 1.02 bits per heavy atom. The first-order valence-corrected chi connectivity index (χ1v) is 29.9. The van der Waals surface area contributed by atoms with Crippen LogP contribution < -0.4 is 62.1 Å². The van der Waals surface area contributed by atoms with Crippen LogP contribution in [0.3, 0.4) is 0 Å². The van der Waals surface area contributed by atoms with Gasteiger partial charge in [-0.15, -0.1) is 0 Å². The van der Waals surface area contributed by atoms with Gasteiger partial charge in [0, 0.05) is 67.5 Å². The van der Waals surface area contributed by atoms with E-state index in [0.29, 0.717) is 96.3 Å². The van der Waals surface area contributed by atoms with Gasteiger partial charge < -0.3 is 62.1 Å². The molecule has 0 aliphatic carbocycles. The van der Waals surface area contributed by atoms with Crippen molar-refractivity contribution in [2.45, 2.75) is 46.8 Å². The summed E-state index contributed by atoms with van der Waals surface area (Å²) in [6.45, 7) is 3.08. The Hall–Kier alpha value is -10.8. The number of methoxy groups -OCH3 is 4. The molecule has 0 spiro atoms. The van der Waals surface area contributed by atoms with Crippen LogP contribution in [0.4, 0.5) is 34.6 Å². The number of carbonyl (C=O) groups is 3. The number of pyridine rings is 3. The van der Waals surface area contributed by atoms with Crippen LogP contribution in [-0.4, -0.2) is 101 Å². The highest BCUT2D eigenvalue weighted by molar-refractivity contribution is 6.30. The molecule has 0 saturated carbocycles. The van der Waals surface area contributed by atoms with E-state index < -0.39 is 20.0 Å². The van der Waals surface area contributed by atoms with Gasteiger partial charge in [0.15, 0.2) is 0 Å². The number of halogens is 5. The van der Waals surface area contributed by atoms with Crippen molar-refractivity contribution in [3.8, 4) is 75.1 Å². The van der Waals surface area contributed by atoms with Crippen molar-refractivity contribution < 1.29 is 79.3 Å². The maximum atomic E-state index is 13.2. The molecule has 9 aromatic rings. The summed E-state index contributed by atoms with van der Waals surface area (Å²) in [5, 5.41) is 0.581. The van der Waals surface area contributed by atoms with Gasteiger partial charge in [-0.25, -0.2) is 28.1 Å². The summed E-state index contributed by atoms with van der Waals surface area (Å²) >= 11 is 5.93. The van der Waals surface area contributed by atoms with Crippen LogP contribution in [0.1, 0.15) is 43.9 Å². The molecular weight excluding hydrogens is 1260 g/mol. The number of ether oxygens (including phenoxy) is 10. The van der Waals surface area contributed by atoms with Crippen molar-refractivity contribution >= 4 is 46.4 Å². The predicted octanol–water partition coefficient (Wildman–Crippen LogP) is 15.5. The van der Waals surface area contributed by atoms with Gasteiger partial charge in [-0.05, 0) is 164 Å². The molecule has 0 fully saturated rings. The minimum absolute atomic E-state index is 0.0852. The molecule has 0 bridgehead atoms. The molecule has 19 nitrogen and oxygen atoms in total. The SMILES string of the molecule is COc1ccc(OCCCF)c(CN(C(C)=O)c2cccnc2Oc2ccc(F)cc2)c1.COc1ccc(OCCF)c(CN(C(C)=O)c2cccnc2Oc2ccc(Cl)cc2)c1.COc1ccc(Oc2ncccc2N(Cc2cc(OC)ccc2OCCF)C(C)=O)cc1. The highest BCUT2D eigenvalue weighted by atomic mass is 35.5. The molecular formula is C71H71ClF4N6O13. The Bertz CT molecular complexity index is 3910. The maximum absolute atomic E-state index is 13.2. The first-order valence-electron chi connectivity index (χ1n) is 29.5. The monoisotopic (exact) mass is 1330 g/mol. The van der Waals surface area contributed by atoms with Crippen LogP contribution in [-0.2, 0) is 34.0 Å². The van der Waals surface area contributed by atoms with Crippen molar-refractivity contribution in [1.29, 1.82) is 0 Å². The van der Waals surface area contributed by atoms with Crippen LogP contribution in [0, 0.1) is 5.82 Å². The Morgan fingerprint density at radius 1 is 0.400 bits per heavy atom. The van der Waals surface area contributed by atoms with Crippen molar-refractivity contribution in [3.05, 3.63) is 210 Å². The quantitative estimate of drug-likeness (QED) is 0.0317. The van der Waals surface area contributed by atoms with Gasteiger partial charge in [0.2, 0.25) is 35.4 Å². The summed E-state index contributed by atoms with van der Waals surface area (Å²) in [6.07, 6.45) is 4.97. The van der Waals surface area contributed by atoms with Crippen LogP contribution in [0.15, 0.2) is 182 Å². The first-order chi connectivity index (χ1) is 46.1. The lowest BCUT2D eigenvalue weighted by atomic mass is 10.1. The third-order valence-corrected chi connectivity index (χ3v) is 13.8. The van der Waals surface area contributed by atoms with E-state index in [-0.39, 0.29) is 87.1 Å². The highest BCUT2D eigenvalue weighted by Gasteiger charge is 2.25. The van der Waals surface area contributed by atoms with Crippen molar-refractivity contribution in [3.63, 3.8) is 0 Å². The van der Waals surface area contributed by atoms with Crippen molar-refractivity contribution in [1.82, 2.24) is 15.0 Å². The number of hydrogen-bond donors (Lipinski definition) is 0. The molecule has 0 aliphatic rings. The van der Waals surface area contributed by atoms with E-state index in [1.165, 1.54) is 65.9 Å². The Morgan fingerprint density at radius 2 is 0.705 bits per heavy atom. The molecule has 6 aromatic carbocycles. The molecule has 3 aromatic heterocycles. The van der Waals surface area contributed by atoms with Crippen LogP contribution in [0.5, 0.6) is 75.1 Å². The van der Waals surface area contributed by atoms with Crippen molar-refractivity contribution in [2.75, 3.05) is 83.0 Å². The minimum Gasteiger partial charge on any atom is -0.497 e. The number of aromatic nitrogens is 3. The zero-order valence-electron chi connectivity index (χ0n) is 53.3. The second kappa shape index (κ2) is 37.0. The third-order valence-electron chi connectivity index (χ3n) is 13.6. The number of carbonyl (C=O) groups excluding carboxylic acids is 3. The number of amides is 3. The molecule has 24 heteroatoms. The number of alkyl halides is 3. The zero-order valence-corrected chi connectivity index (χ0v) is 54.0. The third kappa shape index (κ3) is 21.4. The van der Waals surface area contributed by atoms with E-state index in [2.05, 4.69) is 15.0 Å². The van der Waals surface area contributed by atoms with E-state index in [1.807, 2.05) is 0 Å². The number of nitrogens with zero attached hydrogens (tertiary/aromatic N) is 6. The fourth-order valence-electron chi connectivity index (χ4n) is 8.97. The topological polar surface area (TPSA) is 192 Å². The van der Waals surface area contributed by atoms with E-state index in [0.717, 1.165) is 0 Å². The lowest BCUT2D eigenvalue weighted by Gasteiger charge is -2.24. The first kappa shape index (κ1) is 71.6. The number of anilines is 3. The van der Waals surface area contributed by atoms with Gasteiger partial charge in [0.05, 0.1) is 61.4 Å². The van der Waals surface area contributed by atoms with E-state index in [4.69, 9.17) is 59.0 Å². The summed E-state index contributed by atoms with van der Waals surface area (Å²) in [7, 11) is 6.22. The average Bonchev–Trinajstić information content (AvgIpc) is 0.930. The lowest BCUT2D eigenvalue weighted by Crippen LogP contribution is -2.28. The van der Waals surface area contributed by atoms with Crippen LogP contribution in [0.25, 0.3) is 0 Å². The van der Waals surface area contributed by atoms with Gasteiger partial charge in [-0.2, -0.15) is 0 Å². The Balaban J connectivity index is 0.000000201. The number of hydrogen-bond acceptors (Lipinski definition) is 16. The van der Waals surface area contributed by atoms with Crippen LogP contribution in [0.2, 0.25) is 5.02 Å². The van der Waals surface area contributed by atoms with Gasteiger partial charge in [-0.3, -0.25) is 18.8 Å². The molecule has 0 radical (unpaired) electrons. The lowest BCUT2D eigenvalue weighted by molar-refractivity contribution is -0.117. The second-order valence-electron chi connectivity index (χ2n) is 20.1. The minimum atomic E-state index is -0.621. The summed E-state index contributed by atoms with van der Waals surface area (Å²) in [4.78, 5) is 55.1. The summed E-state index contributed by atoms with van der Waals surface area (Å²) < 4.78 is 107. The molecule has 0 saturated heterocycles. The normalized spacial score (nSPS) is 10.4. The highest BCUT2D eigenvalue weighted by Crippen LogP contribution is 2.38. The Labute approximate surface area is 553 Å². The van der Waals surface area contributed by atoms with Gasteiger partial charge in [0.25, 0.3) is 0 Å². The predicted molar refractivity (Wildman–Crippen MR) is 352 cm³/mol. The van der Waals surface area contributed by atoms with Gasteiger partial charge in [0.1, 0.15) is 107 Å². The second-order valence-corrected chi connectivity index (χ2v) is 20.5. The molecule has 9 rings (SSSR count). The molecule has 498 valence electrons. The molecule has 0 N–H and O–H groups in total. The average molecular weight is 1330 g/mol. The van der Waals surface area contributed by atoms with Gasteiger partial charge in [-0.1, -0.05) is 11.6 Å². The van der Waals surface area contributed by atoms with Crippen LogP contribution >= 0.6 is 11.6 Å². The molecule has 3 heterocycles. The molecule has 0 atom stereocenters. The molecule has 95 heavy (non-hydrogen) atoms. The molecule has 3 amide bonds. The van der Waals surface area contributed by atoms with Gasteiger partial charge >= 0.3 is 0 Å². The zero-order chi connectivity index (χ0) is 68.1. The van der Waals surface area contributed by atoms with E-state index >= 15 is 0 Å². The fourth-order valence-corrected chi connectivity index (χ4v) is 9.09. The largest absolute Gasteiger partial charge is 0.497 e. The number of rotatable bonds is 29. The van der Waals surface area contributed by atoms with E-state index in [1.54, 1.807) is 180 Å².